The number of aromatic nitrogens is 1. The summed E-state index contributed by atoms with van der Waals surface area (Å²) in [5.41, 5.74) is 5.26. The zero-order valence-electron chi connectivity index (χ0n) is 18.0. The summed E-state index contributed by atoms with van der Waals surface area (Å²) in [6.45, 7) is 7.08. The van der Waals surface area contributed by atoms with Gasteiger partial charge in [-0.15, -0.1) is 0 Å². The Morgan fingerprint density at radius 1 is 1.07 bits per heavy atom. The minimum absolute atomic E-state index is 0.115. The highest BCUT2D eigenvalue weighted by atomic mass is 16.5. The van der Waals surface area contributed by atoms with E-state index in [4.69, 9.17) is 4.74 Å². The molecule has 1 amide bonds. The number of hydrogen-bond donors (Lipinski definition) is 2. The second kappa shape index (κ2) is 9.88. The summed E-state index contributed by atoms with van der Waals surface area (Å²) in [5, 5.41) is 6.47. The minimum atomic E-state index is 0.115. The summed E-state index contributed by atoms with van der Waals surface area (Å²) in [5.74, 6) is 1.10. The number of carbonyl (C=O) groups is 1. The molecule has 1 aromatic carbocycles. The van der Waals surface area contributed by atoms with Crippen molar-refractivity contribution < 1.29 is 9.53 Å². The van der Waals surface area contributed by atoms with E-state index in [9.17, 15) is 4.79 Å². The number of pyridine rings is 1. The van der Waals surface area contributed by atoms with Crippen LogP contribution in [0.1, 0.15) is 49.6 Å². The zero-order chi connectivity index (χ0) is 20.8. The fourth-order valence-electron chi connectivity index (χ4n) is 4.17. The summed E-state index contributed by atoms with van der Waals surface area (Å²) in [7, 11) is 2.00. The van der Waals surface area contributed by atoms with Gasteiger partial charge in [0.25, 0.3) is 0 Å². The van der Waals surface area contributed by atoms with Crippen LogP contribution in [0.25, 0.3) is 11.1 Å². The molecule has 1 aromatic heterocycles. The topological polar surface area (TPSA) is 63.2 Å². The van der Waals surface area contributed by atoms with Crippen LogP contribution in [0.5, 0.6) is 5.75 Å². The lowest BCUT2D eigenvalue weighted by Gasteiger charge is -2.27. The number of nitrogens with one attached hydrogen (secondary N) is 2. The van der Waals surface area contributed by atoms with Crippen molar-refractivity contribution in [3.05, 3.63) is 47.3 Å². The van der Waals surface area contributed by atoms with Crippen LogP contribution in [0.15, 0.2) is 30.3 Å². The summed E-state index contributed by atoms with van der Waals surface area (Å²) in [6.07, 6.45) is 4.03. The quantitative estimate of drug-likeness (QED) is 0.739. The molecule has 1 fully saturated rings. The van der Waals surface area contributed by atoms with Crippen molar-refractivity contribution in [2.75, 3.05) is 13.7 Å². The number of hydrogen-bond acceptors (Lipinski definition) is 4. The monoisotopic (exact) mass is 395 g/mol. The molecule has 29 heavy (non-hydrogen) atoms. The lowest BCUT2D eigenvalue weighted by molar-refractivity contribution is -0.126. The maximum Gasteiger partial charge on any atom is 0.223 e. The highest BCUT2D eigenvalue weighted by molar-refractivity contribution is 5.79. The number of ether oxygens (including phenoxy) is 1. The van der Waals surface area contributed by atoms with E-state index in [1.54, 1.807) is 0 Å². The number of carbonyl (C=O) groups excluding carboxylic acids is 1. The Bertz CT molecular complexity index is 822. The Hall–Kier alpha value is -2.40. The first-order valence-corrected chi connectivity index (χ1v) is 10.7. The van der Waals surface area contributed by atoms with Crippen LogP contribution in [-0.4, -0.2) is 30.6 Å². The van der Waals surface area contributed by atoms with Crippen molar-refractivity contribution in [3.8, 4) is 16.9 Å². The Morgan fingerprint density at radius 3 is 2.38 bits per heavy atom. The third-order valence-corrected chi connectivity index (χ3v) is 5.73. The molecule has 1 saturated carbocycles. The molecular formula is C24H33N3O2. The van der Waals surface area contributed by atoms with Gasteiger partial charge in [0.15, 0.2) is 0 Å². The van der Waals surface area contributed by atoms with E-state index in [1.807, 2.05) is 33.9 Å². The Kier molecular flexibility index (Phi) is 7.26. The van der Waals surface area contributed by atoms with Crippen molar-refractivity contribution in [2.45, 2.75) is 59.0 Å². The summed E-state index contributed by atoms with van der Waals surface area (Å²) in [4.78, 5) is 17.2. The van der Waals surface area contributed by atoms with E-state index in [1.165, 1.54) is 0 Å². The largest absolute Gasteiger partial charge is 0.494 e. The number of amides is 1. The fraction of sp³-hybridized carbons (Fsp3) is 0.500. The SMILES string of the molecule is CCOc1ccc(-c2cc(C)nc(C)c2)cc1CNC(=O)C1CCC(NC)CC1. The van der Waals surface area contributed by atoms with Gasteiger partial charge in [-0.3, -0.25) is 9.78 Å². The van der Waals surface area contributed by atoms with Crippen molar-refractivity contribution in [3.63, 3.8) is 0 Å². The predicted molar refractivity (Wildman–Crippen MR) is 117 cm³/mol. The number of aryl methyl sites for hydroxylation is 2. The van der Waals surface area contributed by atoms with Gasteiger partial charge in [-0.1, -0.05) is 6.07 Å². The molecule has 0 radical (unpaired) electrons. The first kappa shape index (κ1) is 21.3. The highest BCUT2D eigenvalue weighted by Gasteiger charge is 2.25. The average molecular weight is 396 g/mol. The summed E-state index contributed by atoms with van der Waals surface area (Å²) < 4.78 is 5.81. The molecule has 3 rings (SSSR count). The molecule has 5 nitrogen and oxygen atoms in total. The van der Waals surface area contributed by atoms with Gasteiger partial charge in [-0.05, 0) is 88.9 Å². The third-order valence-electron chi connectivity index (χ3n) is 5.73. The van der Waals surface area contributed by atoms with Crippen molar-refractivity contribution in [2.24, 2.45) is 5.92 Å². The summed E-state index contributed by atoms with van der Waals surface area (Å²) in [6, 6.07) is 10.9. The molecule has 0 spiro atoms. The van der Waals surface area contributed by atoms with Crippen LogP contribution < -0.4 is 15.4 Å². The number of nitrogens with zero attached hydrogens (tertiary/aromatic N) is 1. The zero-order valence-corrected chi connectivity index (χ0v) is 18.0. The molecule has 1 heterocycles. The molecule has 5 heteroatoms. The van der Waals surface area contributed by atoms with Crippen molar-refractivity contribution in [1.82, 2.24) is 15.6 Å². The third kappa shape index (κ3) is 5.57. The molecule has 0 saturated heterocycles. The van der Waals surface area contributed by atoms with Gasteiger partial charge in [0.05, 0.1) is 6.61 Å². The molecule has 0 bridgehead atoms. The molecule has 2 N–H and O–H groups in total. The van der Waals surface area contributed by atoms with E-state index in [-0.39, 0.29) is 11.8 Å². The van der Waals surface area contributed by atoms with Gasteiger partial charge in [-0.25, -0.2) is 0 Å². The molecule has 1 aliphatic carbocycles. The van der Waals surface area contributed by atoms with Crippen LogP contribution in [0, 0.1) is 19.8 Å². The molecule has 0 atom stereocenters. The standard InChI is InChI=1S/C24H33N3O2/c1-5-29-23-11-8-19(20-12-16(2)27-17(3)13-20)14-21(23)15-26-24(28)18-6-9-22(25-4)10-7-18/h8,11-14,18,22,25H,5-7,9-10,15H2,1-4H3,(H,26,28). The van der Waals surface area contributed by atoms with Crippen LogP contribution >= 0.6 is 0 Å². The molecule has 1 aliphatic rings. The smallest absolute Gasteiger partial charge is 0.223 e. The molecule has 2 aromatic rings. The van der Waals surface area contributed by atoms with Gasteiger partial charge in [0.1, 0.15) is 5.75 Å². The molecule has 0 aliphatic heterocycles. The maximum atomic E-state index is 12.7. The minimum Gasteiger partial charge on any atom is -0.494 e. The van der Waals surface area contributed by atoms with Gasteiger partial charge in [0, 0.05) is 35.5 Å². The first-order chi connectivity index (χ1) is 14.0. The molecular weight excluding hydrogens is 362 g/mol. The maximum absolute atomic E-state index is 12.7. The van der Waals surface area contributed by atoms with E-state index in [2.05, 4.69) is 39.9 Å². The lowest BCUT2D eigenvalue weighted by Crippen LogP contribution is -2.37. The van der Waals surface area contributed by atoms with Crippen LogP contribution in [-0.2, 0) is 11.3 Å². The molecule has 156 valence electrons. The van der Waals surface area contributed by atoms with Crippen molar-refractivity contribution in [1.29, 1.82) is 0 Å². The highest BCUT2D eigenvalue weighted by Crippen LogP contribution is 2.29. The lowest BCUT2D eigenvalue weighted by atomic mass is 9.85. The number of benzene rings is 1. The second-order valence-corrected chi connectivity index (χ2v) is 7.95. The Balaban J connectivity index is 1.73. The van der Waals surface area contributed by atoms with E-state index >= 15 is 0 Å². The van der Waals surface area contributed by atoms with Crippen LogP contribution in [0.2, 0.25) is 0 Å². The summed E-state index contributed by atoms with van der Waals surface area (Å²) >= 11 is 0. The van der Waals surface area contributed by atoms with Crippen LogP contribution in [0.3, 0.4) is 0 Å². The second-order valence-electron chi connectivity index (χ2n) is 7.95. The van der Waals surface area contributed by atoms with Gasteiger partial charge in [0.2, 0.25) is 5.91 Å². The van der Waals surface area contributed by atoms with Gasteiger partial charge in [-0.2, -0.15) is 0 Å². The average Bonchev–Trinajstić information content (AvgIpc) is 2.72. The van der Waals surface area contributed by atoms with E-state index < -0.39 is 0 Å². The Morgan fingerprint density at radius 2 is 1.76 bits per heavy atom. The van der Waals surface area contributed by atoms with Gasteiger partial charge >= 0.3 is 0 Å². The normalized spacial score (nSPS) is 19.0. The van der Waals surface area contributed by atoms with Gasteiger partial charge < -0.3 is 15.4 Å². The van der Waals surface area contributed by atoms with Crippen molar-refractivity contribution >= 4 is 5.91 Å². The number of rotatable bonds is 7. The first-order valence-electron chi connectivity index (χ1n) is 10.7. The Labute approximate surface area is 174 Å². The van der Waals surface area contributed by atoms with E-state index in [0.717, 1.165) is 59.5 Å². The predicted octanol–water partition coefficient (Wildman–Crippen LogP) is 4.16. The molecule has 0 unspecified atom stereocenters. The van der Waals surface area contributed by atoms with Crippen LogP contribution in [0.4, 0.5) is 0 Å². The fourth-order valence-corrected chi connectivity index (χ4v) is 4.17. The van der Waals surface area contributed by atoms with E-state index in [0.29, 0.717) is 19.2 Å².